The molecule has 140 valence electrons. The predicted octanol–water partition coefficient (Wildman–Crippen LogP) is 5.32. The van der Waals surface area contributed by atoms with Gasteiger partial charge in [-0.2, -0.15) is 18.2 Å². The minimum atomic E-state index is -4.54. The fourth-order valence-electron chi connectivity index (χ4n) is 3.38. The first kappa shape index (κ1) is 18.5. The summed E-state index contributed by atoms with van der Waals surface area (Å²) >= 11 is 0. The second kappa shape index (κ2) is 7.51. The smallest absolute Gasteiger partial charge is 0.421 e. The van der Waals surface area contributed by atoms with E-state index in [2.05, 4.69) is 9.97 Å². The molecule has 7 heteroatoms. The van der Waals surface area contributed by atoms with Crippen molar-refractivity contribution in [3.05, 3.63) is 41.6 Å². The Morgan fingerprint density at radius 1 is 1.23 bits per heavy atom. The van der Waals surface area contributed by atoms with Crippen LogP contribution in [0.1, 0.15) is 49.7 Å². The Kier molecular flexibility index (Phi) is 5.34. The van der Waals surface area contributed by atoms with Gasteiger partial charge in [-0.15, -0.1) is 0 Å². The van der Waals surface area contributed by atoms with Crippen LogP contribution in [-0.2, 0) is 6.18 Å². The summed E-state index contributed by atoms with van der Waals surface area (Å²) in [4.78, 5) is 9.13. The van der Waals surface area contributed by atoms with Crippen LogP contribution < -0.4 is 9.64 Å². The highest BCUT2D eigenvalue weighted by atomic mass is 19.4. The van der Waals surface area contributed by atoms with Gasteiger partial charge in [0.25, 0.3) is 0 Å². The Balaban J connectivity index is 1.99. The number of benzene rings is 1. The third-order valence-electron chi connectivity index (χ3n) is 4.73. The molecule has 2 aromatic rings. The molecule has 3 rings (SSSR count). The summed E-state index contributed by atoms with van der Waals surface area (Å²) in [5, 5.41) is 0. The zero-order valence-corrected chi connectivity index (χ0v) is 14.9. The molecule has 26 heavy (non-hydrogen) atoms. The van der Waals surface area contributed by atoms with Gasteiger partial charge in [-0.1, -0.05) is 25.0 Å². The summed E-state index contributed by atoms with van der Waals surface area (Å²) in [6, 6.07) is 7.62. The van der Waals surface area contributed by atoms with E-state index in [1.54, 1.807) is 20.0 Å². The average Bonchev–Trinajstić information content (AvgIpc) is 3.15. The number of nitrogens with zero attached hydrogens (tertiary/aromatic N) is 3. The molecule has 0 atom stereocenters. The molecular formula is C19H22F3N3O. The first-order valence-corrected chi connectivity index (χ1v) is 8.81. The zero-order chi connectivity index (χ0) is 18.7. The van der Waals surface area contributed by atoms with Crippen molar-refractivity contribution in [3.8, 4) is 6.01 Å². The quantitative estimate of drug-likeness (QED) is 0.719. The van der Waals surface area contributed by atoms with Crippen molar-refractivity contribution < 1.29 is 17.9 Å². The van der Waals surface area contributed by atoms with Gasteiger partial charge in [-0.25, -0.2) is 4.98 Å². The zero-order valence-electron chi connectivity index (χ0n) is 14.9. The topological polar surface area (TPSA) is 38.2 Å². The van der Waals surface area contributed by atoms with Crippen LogP contribution in [0.15, 0.2) is 30.5 Å². The van der Waals surface area contributed by atoms with E-state index >= 15 is 0 Å². The number of ether oxygens (including phenoxy) is 1. The number of alkyl halides is 3. The molecule has 0 amide bonds. The molecule has 1 saturated carbocycles. The molecule has 0 radical (unpaired) electrons. The molecule has 1 fully saturated rings. The minimum absolute atomic E-state index is 0.0608. The van der Waals surface area contributed by atoms with Crippen molar-refractivity contribution >= 4 is 11.5 Å². The molecule has 0 aliphatic heterocycles. The van der Waals surface area contributed by atoms with Crippen LogP contribution in [0.2, 0.25) is 0 Å². The lowest BCUT2D eigenvalue weighted by Gasteiger charge is -2.23. The van der Waals surface area contributed by atoms with Crippen LogP contribution in [0.25, 0.3) is 0 Å². The maximum atomic E-state index is 13.4. The van der Waals surface area contributed by atoms with Gasteiger partial charge in [0.2, 0.25) is 0 Å². The molecule has 0 unspecified atom stereocenters. The monoisotopic (exact) mass is 365 g/mol. The Labute approximate surface area is 151 Å². The molecule has 1 heterocycles. The number of aromatic nitrogens is 2. The van der Waals surface area contributed by atoms with Gasteiger partial charge in [0, 0.05) is 18.9 Å². The first-order chi connectivity index (χ1) is 12.4. The normalized spacial score (nSPS) is 15.3. The van der Waals surface area contributed by atoms with Crippen molar-refractivity contribution in [2.45, 2.75) is 44.7 Å². The Morgan fingerprint density at radius 2 is 1.96 bits per heavy atom. The maximum absolute atomic E-state index is 13.4. The summed E-state index contributed by atoms with van der Waals surface area (Å²) in [7, 11) is 1.58. The number of anilines is 2. The molecule has 1 aliphatic rings. The standard InChI is InChI=1S/C19H22F3N3O/c1-3-26-18-23-12-16(19(20,21)22)17(24-18)25(2)15-10-6-9-14(11-15)13-7-4-5-8-13/h6,9-13H,3-5,7-8H2,1-2H3. The lowest BCUT2D eigenvalue weighted by Crippen LogP contribution is -2.19. The second-order valence-corrected chi connectivity index (χ2v) is 6.46. The van der Waals surface area contributed by atoms with Crippen LogP contribution in [-0.4, -0.2) is 23.6 Å². The third-order valence-corrected chi connectivity index (χ3v) is 4.73. The molecule has 0 N–H and O–H groups in total. The molecule has 1 aliphatic carbocycles. The molecule has 0 saturated heterocycles. The highest BCUT2D eigenvalue weighted by Crippen LogP contribution is 2.39. The largest absolute Gasteiger partial charge is 0.464 e. The van der Waals surface area contributed by atoms with Gasteiger partial charge >= 0.3 is 12.2 Å². The SMILES string of the molecule is CCOc1ncc(C(F)(F)F)c(N(C)c2cccc(C3CCCC3)c2)n1. The van der Waals surface area contributed by atoms with E-state index in [9.17, 15) is 13.2 Å². The summed E-state index contributed by atoms with van der Waals surface area (Å²) in [5.74, 6) is 0.273. The Hall–Kier alpha value is -2.31. The van der Waals surface area contributed by atoms with Crippen LogP contribution >= 0.6 is 0 Å². The van der Waals surface area contributed by atoms with E-state index in [1.807, 2.05) is 18.2 Å². The summed E-state index contributed by atoms with van der Waals surface area (Å²) < 4.78 is 45.4. The third kappa shape index (κ3) is 3.92. The minimum Gasteiger partial charge on any atom is -0.464 e. The fraction of sp³-hybridized carbons (Fsp3) is 0.474. The maximum Gasteiger partial charge on any atom is 0.421 e. The highest BCUT2D eigenvalue weighted by Gasteiger charge is 2.36. The van der Waals surface area contributed by atoms with E-state index < -0.39 is 11.7 Å². The molecule has 1 aromatic heterocycles. The summed E-state index contributed by atoms with van der Waals surface area (Å²) in [5.41, 5.74) is 0.954. The molecular weight excluding hydrogens is 343 g/mol. The Bertz CT molecular complexity index is 758. The lowest BCUT2D eigenvalue weighted by molar-refractivity contribution is -0.137. The Morgan fingerprint density at radius 3 is 2.62 bits per heavy atom. The summed E-state index contributed by atoms with van der Waals surface area (Å²) in [6.07, 6.45) is 0.896. The second-order valence-electron chi connectivity index (χ2n) is 6.46. The van der Waals surface area contributed by atoms with E-state index in [0.717, 1.165) is 19.0 Å². The summed E-state index contributed by atoms with van der Waals surface area (Å²) in [6.45, 7) is 2.02. The molecule has 0 bridgehead atoms. The van der Waals surface area contributed by atoms with E-state index in [0.29, 0.717) is 11.6 Å². The number of hydrogen-bond donors (Lipinski definition) is 0. The van der Waals surface area contributed by atoms with Crippen molar-refractivity contribution in [1.82, 2.24) is 9.97 Å². The van der Waals surface area contributed by atoms with E-state index in [1.165, 1.54) is 23.3 Å². The van der Waals surface area contributed by atoms with Crippen LogP contribution in [0.3, 0.4) is 0 Å². The average molecular weight is 365 g/mol. The predicted molar refractivity (Wildman–Crippen MR) is 93.9 cm³/mol. The molecule has 4 nitrogen and oxygen atoms in total. The number of rotatable bonds is 5. The molecule has 0 spiro atoms. The van der Waals surface area contributed by atoms with Gasteiger partial charge in [0.15, 0.2) is 5.82 Å². The molecule has 1 aromatic carbocycles. The fourth-order valence-corrected chi connectivity index (χ4v) is 3.38. The van der Waals surface area contributed by atoms with Gasteiger partial charge < -0.3 is 9.64 Å². The number of halogens is 3. The van der Waals surface area contributed by atoms with Gasteiger partial charge in [-0.3, -0.25) is 0 Å². The lowest BCUT2D eigenvalue weighted by atomic mass is 9.97. The van der Waals surface area contributed by atoms with Crippen molar-refractivity contribution in [2.75, 3.05) is 18.6 Å². The van der Waals surface area contributed by atoms with Crippen LogP contribution in [0.4, 0.5) is 24.7 Å². The van der Waals surface area contributed by atoms with Gasteiger partial charge in [0.1, 0.15) is 5.56 Å². The van der Waals surface area contributed by atoms with E-state index in [-0.39, 0.29) is 18.4 Å². The van der Waals surface area contributed by atoms with Crippen LogP contribution in [0, 0.1) is 0 Å². The highest BCUT2D eigenvalue weighted by molar-refractivity contribution is 5.63. The van der Waals surface area contributed by atoms with E-state index in [4.69, 9.17) is 4.74 Å². The number of hydrogen-bond acceptors (Lipinski definition) is 4. The van der Waals surface area contributed by atoms with Crippen LogP contribution in [0.5, 0.6) is 6.01 Å². The van der Waals surface area contributed by atoms with Gasteiger partial charge in [0.05, 0.1) is 6.61 Å². The first-order valence-electron chi connectivity index (χ1n) is 8.81. The van der Waals surface area contributed by atoms with Crippen molar-refractivity contribution in [1.29, 1.82) is 0 Å². The van der Waals surface area contributed by atoms with Crippen molar-refractivity contribution in [3.63, 3.8) is 0 Å². The van der Waals surface area contributed by atoms with Gasteiger partial charge in [-0.05, 0) is 43.4 Å². The van der Waals surface area contributed by atoms with Crippen molar-refractivity contribution in [2.24, 2.45) is 0 Å².